The van der Waals surface area contributed by atoms with Gasteiger partial charge < -0.3 is 0 Å². The topological polar surface area (TPSA) is 0 Å². The summed E-state index contributed by atoms with van der Waals surface area (Å²) in [6, 6.07) is 0. The summed E-state index contributed by atoms with van der Waals surface area (Å²) in [7, 11) is 0. The third-order valence-electron chi connectivity index (χ3n) is 10.9. The van der Waals surface area contributed by atoms with Crippen LogP contribution in [0.1, 0.15) is 114 Å². The first-order valence-corrected chi connectivity index (χ1v) is 13.7. The summed E-state index contributed by atoms with van der Waals surface area (Å²) in [5.74, 6) is 10.9. The molecule has 29 heavy (non-hydrogen) atoms. The van der Waals surface area contributed by atoms with Crippen molar-refractivity contribution in [2.75, 3.05) is 0 Å². The van der Waals surface area contributed by atoms with Gasteiger partial charge in [0.05, 0.1) is 0 Å². The van der Waals surface area contributed by atoms with Gasteiger partial charge >= 0.3 is 0 Å². The average Bonchev–Trinajstić information content (AvgIpc) is 3.59. The average molecular weight is 403 g/mol. The van der Waals surface area contributed by atoms with Crippen LogP contribution < -0.4 is 0 Å². The molecule has 3 saturated carbocycles. The van der Waals surface area contributed by atoms with Gasteiger partial charge in [0.25, 0.3) is 0 Å². The highest BCUT2D eigenvalue weighted by atomic mass is 14.8. The molecule has 0 heterocycles. The van der Waals surface area contributed by atoms with Crippen molar-refractivity contribution < 1.29 is 0 Å². The molecule has 3 rings (SSSR count). The summed E-state index contributed by atoms with van der Waals surface area (Å²) >= 11 is 0. The Morgan fingerprint density at radius 2 is 1.55 bits per heavy atom. The van der Waals surface area contributed by atoms with Gasteiger partial charge in [0.2, 0.25) is 0 Å². The normalized spacial score (nSPS) is 38.7. The molecule has 0 aromatic carbocycles. The van der Waals surface area contributed by atoms with Crippen molar-refractivity contribution in [3.63, 3.8) is 0 Å². The highest BCUT2D eigenvalue weighted by Crippen LogP contribution is 2.86. The summed E-state index contributed by atoms with van der Waals surface area (Å²) in [5, 5.41) is 0. The second kappa shape index (κ2) is 9.24. The van der Waals surface area contributed by atoms with Crippen molar-refractivity contribution in [1.29, 1.82) is 0 Å². The zero-order chi connectivity index (χ0) is 21.5. The first-order chi connectivity index (χ1) is 13.7. The van der Waals surface area contributed by atoms with Crippen LogP contribution in [0.2, 0.25) is 0 Å². The maximum atomic E-state index is 2.64. The molecule has 0 heteroatoms. The van der Waals surface area contributed by atoms with E-state index in [4.69, 9.17) is 0 Å². The van der Waals surface area contributed by atoms with Crippen molar-refractivity contribution in [2.24, 2.45) is 70.5 Å². The van der Waals surface area contributed by atoms with E-state index >= 15 is 0 Å². The van der Waals surface area contributed by atoms with Crippen LogP contribution in [-0.4, -0.2) is 0 Å². The standard InChI is InChI=1S/C29H54/c1-10-13-23(11-2)21(8)20(7)22(9)29-17-28(29)27(29)16-25-15-24(25)14-19(6)26(12-3)18(4)5/h18-28H,10-17H2,1-9H3. The zero-order valence-electron chi connectivity index (χ0n) is 21.5. The van der Waals surface area contributed by atoms with Crippen LogP contribution >= 0.6 is 0 Å². The molecular formula is C29H54. The lowest BCUT2D eigenvalue weighted by Gasteiger charge is -2.34. The van der Waals surface area contributed by atoms with E-state index in [0.29, 0.717) is 0 Å². The lowest BCUT2D eigenvalue weighted by molar-refractivity contribution is 0.144. The Labute approximate surface area is 184 Å². The molecule has 0 N–H and O–H groups in total. The van der Waals surface area contributed by atoms with E-state index in [1.54, 1.807) is 19.3 Å². The van der Waals surface area contributed by atoms with Crippen molar-refractivity contribution in [2.45, 2.75) is 114 Å². The largest absolute Gasteiger partial charge is 0.0654 e. The molecular weight excluding hydrogens is 348 g/mol. The van der Waals surface area contributed by atoms with E-state index in [0.717, 1.165) is 70.5 Å². The minimum absolute atomic E-state index is 0.806. The molecule has 0 aromatic rings. The lowest BCUT2D eigenvalue weighted by atomic mass is 9.71. The molecule has 3 fully saturated rings. The van der Waals surface area contributed by atoms with Crippen molar-refractivity contribution in [3.05, 3.63) is 0 Å². The summed E-state index contributed by atoms with van der Waals surface area (Å²) in [6.45, 7) is 22.4. The van der Waals surface area contributed by atoms with E-state index in [9.17, 15) is 0 Å². The van der Waals surface area contributed by atoms with Gasteiger partial charge in [-0.1, -0.05) is 88.0 Å². The second-order valence-corrected chi connectivity index (χ2v) is 12.5. The van der Waals surface area contributed by atoms with Crippen LogP contribution in [0.25, 0.3) is 0 Å². The Kier molecular flexibility index (Phi) is 7.54. The first kappa shape index (κ1) is 23.7. The molecule has 0 saturated heterocycles. The molecule has 0 amide bonds. The monoisotopic (exact) mass is 402 g/mol. The predicted octanol–water partition coefficient (Wildman–Crippen LogP) is 9.09. The Morgan fingerprint density at radius 1 is 0.862 bits per heavy atom. The van der Waals surface area contributed by atoms with Crippen molar-refractivity contribution in [1.82, 2.24) is 0 Å². The molecule has 3 aliphatic carbocycles. The fraction of sp³-hybridized carbons (Fsp3) is 1.00. The van der Waals surface area contributed by atoms with Gasteiger partial charge in [-0.15, -0.1) is 0 Å². The van der Waals surface area contributed by atoms with E-state index < -0.39 is 0 Å². The van der Waals surface area contributed by atoms with Gasteiger partial charge in [0, 0.05) is 0 Å². The van der Waals surface area contributed by atoms with Crippen LogP contribution in [-0.2, 0) is 0 Å². The Hall–Kier alpha value is 0. The third kappa shape index (κ3) is 4.62. The molecule has 170 valence electrons. The van der Waals surface area contributed by atoms with Crippen molar-refractivity contribution >= 4 is 0 Å². The second-order valence-electron chi connectivity index (χ2n) is 12.5. The smallest absolute Gasteiger partial charge is 0.0204 e. The van der Waals surface area contributed by atoms with Gasteiger partial charge in [-0.3, -0.25) is 0 Å². The molecule has 0 spiro atoms. The van der Waals surface area contributed by atoms with Crippen LogP contribution in [0.3, 0.4) is 0 Å². The number of hydrogen-bond acceptors (Lipinski definition) is 0. The highest BCUT2D eigenvalue weighted by Gasteiger charge is 2.80. The third-order valence-corrected chi connectivity index (χ3v) is 10.9. The molecule has 0 nitrogen and oxygen atoms in total. The fourth-order valence-corrected chi connectivity index (χ4v) is 8.31. The zero-order valence-corrected chi connectivity index (χ0v) is 21.5. The lowest BCUT2D eigenvalue weighted by Crippen LogP contribution is -2.27. The van der Waals surface area contributed by atoms with Gasteiger partial charge in [0.15, 0.2) is 0 Å². The summed E-state index contributed by atoms with van der Waals surface area (Å²) in [4.78, 5) is 0. The Balaban J connectivity index is 1.45. The first-order valence-electron chi connectivity index (χ1n) is 13.7. The number of rotatable bonds is 14. The minimum Gasteiger partial charge on any atom is -0.0654 e. The van der Waals surface area contributed by atoms with Crippen molar-refractivity contribution in [3.8, 4) is 0 Å². The molecule has 0 bridgehead atoms. The number of fused-ring (bicyclic) bond motifs is 1. The van der Waals surface area contributed by atoms with Crippen LogP contribution in [0.15, 0.2) is 0 Å². The highest BCUT2D eigenvalue weighted by molar-refractivity contribution is 5.28. The molecule has 11 atom stereocenters. The summed E-state index contributed by atoms with van der Waals surface area (Å²) in [6.07, 6.45) is 11.8. The Bertz CT molecular complexity index is 520. The van der Waals surface area contributed by atoms with Gasteiger partial charge in [-0.2, -0.15) is 0 Å². The molecule has 3 aliphatic rings. The number of hydrogen-bond donors (Lipinski definition) is 0. The maximum absolute atomic E-state index is 2.64. The maximum Gasteiger partial charge on any atom is -0.0204 e. The molecule has 11 unspecified atom stereocenters. The molecule has 0 aliphatic heterocycles. The van der Waals surface area contributed by atoms with Gasteiger partial charge in [-0.25, -0.2) is 0 Å². The fourth-order valence-electron chi connectivity index (χ4n) is 8.31. The summed E-state index contributed by atoms with van der Waals surface area (Å²) in [5.41, 5.74) is 0.806. The van der Waals surface area contributed by atoms with E-state index in [1.807, 2.05) is 0 Å². The van der Waals surface area contributed by atoms with E-state index in [-0.39, 0.29) is 0 Å². The van der Waals surface area contributed by atoms with Gasteiger partial charge in [-0.05, 0) is 96.2 Å². The van der Waals surface area contributed by atoms with E-state index in [1.165, 1.54) is 32.1 Å². The molecule has 0 aromatic heterocycles. The quantitative estimate of drug-likeness (QED) is 0.272. The Morgan fingerprint density at radius 3 is 2.07 bits per heavy atom. The van der Waals surface area contributed by atoms with Gasteiger partial charge in [0.1, 0.15) is 0 Å². The SMILES string of the molecule is CCCC(CC)C(C)C(C)C(C)C12CC1C2CC1CC1CC(C)C(CC)C(C)C. The van der Waals surface area contributed by atoms with E-state index in [2.05, 4.69) is 62.3 Å². The summed E-state index contributed by atoms with van der Waals surface area (Å²) < 4.78 is 0. The van der Waals surface area contributed by atoms with Crippen LogP contribution in [0.5, 0.6) is 0 Å². The van der Waals surface area contributed by atoms with Crippen LogP contribution in [0, 0.1) is 70.5 Å². The van der Waals surface area contributed by atoms with Crippen LogP contribution in [0.4, 0.5) is 0 Å². The predicted molar refractivity (Wildman–Crippen MR) is 129 cm³/mol. The molecule has 0 radical (unpaired) electrons. The minimum atomic E-state index is 0.806.